The van der Waals surface area contributed by atoms with Crippen LogP contribution in [0.5, 0.6) is 0 Å². The quantitative estimate of drug-likeness (QED) is 0.580. The molecule has 0 N–H and O–H groups in total. The molecule has 0 fully saturated rings. The molecule has 15 heavy (non-hydrogen) atoms. The van der Waals surface area contributed by atoms with Gasteiger partial charge < -0.3 is 5.11 Å². The maximum absolute atomic E-state index is 12.5. The molecule has 1 aliphatic rings. The zero-order chi connectivity index (χ0) is 10.5. The van der Waals surface area contributed by atoms with Crippen LogP contribution in [0.25, 0.3) is 11.3 Å². The third-order valence-electron chi connectivity index (χ3n) is 3.02. The average Bonchev–Trinajstić information content (AvgIpc) is 2.51. The van der Waals surface area contributed by atoms with Gasteiger partial charge >= 0.3 is 0 Å². The summed E-state index contributed by atoms with van der Waals surface area (Å²) in [5.41, 5.74) is 1.74. The summed E-state index contributed by atoms with van der Waals surface area (Å²) in [6.07, 6.45) is 1.85. The number of benzene rings is 1. The number of aromatic nitrogens is 1. The lowest BCUT2D eigenvalue weighted by Crippen LogP contribution is -2.61. The van der Waals surface area contributed by atoms with Crippen LogP contribution in [0.1, 0.15) is 12.5 Å². The van der Waals surface area contributed by atoms with Crippen LogP contribution in [0.15, 0.2) is 48.7 Å². The Balaban J connectivity index is 2.42. The van der Waals surface area contributed by atoms with Crippen molar-refractivity contribution < 1.29 is 9.67 Å². The van der Waals surface area contributed by atoms with Gasteiger partial charge in [-0.1, -0.05) is 18.2 Å². The third-order valence-corrected chi connectivity index (χ3v) is 3.02. The van der Waals surface area contributed by atoms with Gasteiger partial charge in [0, 0.05) is 17.7 Å². The molecule has 2 heterocycles. The fourth-order valence-electron chi connectivity index (χ4n) is 2.28. The van der Waals surface area contributed by atoms with Crippen LogP contribution in [0.4, 0.5) is 0 Å². The lowest BCUT2D eigenvalue weighted by atomic mass is 10.0. The minimum absolute atomic E-state index is 0.858. The van der Waals surface area contributed by atoms with E-state index in [2.05, 4.69) is 0 Å². The highest BCUT2D eigenvalue weighted by Gasteiger charge is 2.37. The average molecular weight is 197 g/mol. The summed E-state index contributed by atoms with van der Waals surface area (Å²) < 4.78 is 1.79. The molecule has 0 spiro atoms. The van der Waals surface area contributed by atoms with Crippen molar-refractivity contribution in [3.63, 3.8) is 0 Å². The number of fused-ring (bicyclic) bond motifs is 3. The first kappa shape index (κ1) is 8.62. The van der Waals surface area contributed by atoms with Crippen molar-refractivity contribution in [2.75, 3.05) is 0 Å². The SMILES string of the molecule is CC1([O-])c2ccccc2-c2cccc[n+]21. The van der Waals surface area contributed by atoms with E-state index in [1.54, 1.807) is 11.5 Å². The van der Waals surface area contributed by atoms with E-state index in [-0.39, 0.29) is 0 Å². The Kier molecular flexibility index (Phi) is 1.54. The molecule has 0 bridgehead atoms. The molecular weight excluding hydrogens is 186 g/mol. The third kappa shape index (κ3) is 0.997. The lowest BCUT2D eigenvalue weighted by Gasteiger charge is -2.26. The van der Waals surface area contributed by atoms with Crippen LogP contribution >= 0.6 is 0 Å². The van der Waals surface area contributed by atoms with Gasteiger partial charge in [0.1, 0.15) is 5.72 Å². The zero-order valence-corrected chi connectivity index (χ0v) is 8.47. The Morgan fingerprint density at radius 1 is 1.07 bits per heavy atom. The van der Waals surface area contributed by atoms with Gasteiger partial charge in [-0.05, 0) is 19.1 Å². The van der Waals surface area contributed by atoms with Gasteiger partial charge in [-0.15, -0.1) is 0 Å². The number of rotatable bonds is 0. The van der Waals surface area contributed by atoms with E-state index < -0.39 is 5.72 Å². The first-order valence-electron chi connectivity index (χ1n) is 5.03. The molecule has 0 saturated carbocycles. The first-order valence-corrected chi connectivity index (χ1v) is 5.03. The topological polar surface area (TPSA) is 26.9 Å². The number of pyridine rings is 1. The fourth-order valence-corrected chi connectivity index (χ4v) is 2.28. The van der Waals surface area contributed by atoms with E-state index in [1.807, 2.05) is 48.7 Å². The standard InChI is InChI=1S/C13H11NO/c1-13(15)11-7-3-2-6-10(11)12-8-4-5-9-14(12)13/h2-9H,1H3. The van der Waals surface area contributed by atoms with Crippen LogP contribution < -0.4 is 9.67 Å². The summed E-state index contributed by atoms with van der Waals surface area (Å²) in [5.74, 6) is 0. The summed E-state index contributed by atoms with van der Waals surface area (Å²) in [4.78, 5) is 0. The molecule has 3 rings (SSSR count). The van der Waals surface area contributed by atoms with E-state index >= 15 is 0 Å². The van der Waals surface area contributed by atoms with Crippen LogP contribution in [0.2, 0.25) is 0 Å². The first-order chi connectivity index (χ1) is 7.21. The van der Waals surface area contributed by atoms with Crippen molar-refractivity contribution in [3.05, 3.63) is 54.2 Å². The van der Waals surface area contributed by atoms with Crippen molar-refractivity contribution >= 4 is 0 Å². The summed E-state index contributed by atoms with van der Waals surface area (Å²) in [6.45, 7) is 1.71. The number of hydrogen-bond donors (Lipinski definition) is 0. The molecule has 1 atom stereocenters. The summed E-state index contributed by atoms with van der Waals surface area (Å²) in [6, 6.07) is 13.6. The normalized spacial score (nSPS) is 22.3. The van der Waals surface area contributed by atoms with Crippen LogP contribution in [0.3, 0.4) is 0 Å². The van der Waals surface area contributed by atoms with E-state index in [9.17, 15) is 5.11 Å². The van der Waals surface area contributed by atoms with Gasteiger partial charge in [0.2, 0.25) is 5.69 Å². The second kappa shape index (κ2) is 2.67. The Morgan fingerprint density at radius 3 is 2.67 bits per heavy atom. The van der Waals surface area contributed by atoms with E-state index in [4.69, 9.17) is 0 Å². The van der Waals surface area contributed by atoms with Crippen molar-refractivity contribution in [1.29, 1.82) is 0 Å². The highest BCUT2D eigenvalue weighted by Crippen LogP contribution is 2.33. The van der Waals surface area contributed by atoms with Crippen LogP contribution in [0, 0.1) is 0 Å². The number of nitrogens with zero attached hydrogens (tertiary/aromatic N) is 1. The predicted molar refractivity (Wildman–Crippen MR) is 54.8 cm³/mol. The van der Waals surface area contributed by atoms with Crippen molar-refractivity contribution in [2.24, 2.45) is 0 Å². The monoisotopic (exact) mass is 197 g/mol. The van der Waals surface area contributed by atoms with Crippen molar-refractivity contribution in [3.8, 4) is 11.3 Å². The fraction of sp³-hybridized carbons (Fsp3) is 0.154. The number of hydrogen-bond acceptors (Lipinski definition) is 1. The summed E-state index contributed by atoms with van der Waals surface area (Å²) >= 11 is 0. The highest BCUT2D eigenvalue weighted by molar-refractivity contribution is 5.64. The molecule has 2 heteroatoms. The molecule has 1 aromatic carbocycles. The predicted octanol–water partition coefficient (Wildman–Crippen LogP) is 1.04. The Hall–Kier alpha value is -1.67. The lowest BCUT2D eigenvalue weighted by molar-refractivity contribution is -0.873. The molecular formula is C13H11NO. The second-order valence-corrected chi connectivity index (χ2v) is 3.98. The van der Waals surface area contributed by atoms with Gasteiger partial charge in [0.15, 0.2) is 6.20 Å². The largest absolute Gasteiger partial charge is 0.792 e. The summed E-state index contributed by atoms with van der Waals surface area (Å²) in [7, 11) is 0. The van der Waals surface area contributed by atoms with Gasteiger partial charge in [-0.2, -0.15) is 0 Å². The molecule has 0 saturated heterocycles. The van der Waals surface area contributed by atoms with Gasteiger partial charge in [0.05, 0.1) is 5.56 Å². The van der Waals surface area contributed by atoms with Crippen molar-refractivity contribution in [2.45, 2.75) is 12.6 Å². The summed E-state index contributed by atoms with van der Waals surface area (Å²) in [5, 5.41) is 12.5. The van der Waals surface area contributed by atoms with Crippen molar-refractivity contribution in [1.82, 2.24) is 0 Å². The van der Waals surface area contributed by atoms with E-state index in [0.29, 0.717) is 0 Å². The molecule has 1 aliphatic heterocycles. The Morgan fingerprint density at radius 2 is 1.80 bits per heavy atom. The zero-order valence-electron chi connectivity index (χ0n) is 8.47. The molecule has 0 amide bonds. The van der Waals surface area contributed by atoms with Crippen LogP contribution in [-0.2, 0) is 5.72 Å². The van der Waals surface area contributed by atoms with Gasteiger partial charge in [-0.25, -0.2) is 4.57 Å². The maximum atomic E-state index is 12.5. The van der Waals surface area contributed by atoms with E-state index in [1.165, 1.54) is 0 Å². The highest BCUT2D eigenvalue weighted by atomic mass is 16.3. The Labute approximate surface area is 88.4 Å². The van der Waals surface area contributed by atoms with Crippen LogP contribution in [-0.4, -0.2) is 0 Å². The van der Waals surface area contributed by atoms with Gasteiger partial charge in [0.25, 0.3) is 0 Å². The minimum Gasteiger partial charge on any atom is -0.792 e. The molecule has 0 aliphatic carbocycles. The Bertz CT molecular complexity index is 484. The minimum atomic E-state index is -1.17. The molecule has 0 radical (unpaired) electrons. The molecule has 1 unspecified atom stereocenters. The molecule has 2 nitrogen and oxygen atoms in total. The molecule has 2 aromatic rings. The van der Waals surface area contributed by atoms with Gasteiger partial charge in [-0.3, -0.25) is 0 Å². The molecule has 74 valence electrons. The maximum Gasteiger partial charge on any atom is 0.212 e. The molecule has 1 aromatic heterocycles. The van der Waals surface area contributed by atoms with E-state index in [0.717, 1.165) is 16.8 Å². The second-order valence-electron chi connectivity index (χ2n) is 3.98. The smallest absolute Gasteiger partial charge is 0.212 e.